The molecular formula is C4H14LiO5P. The second kappa shape index (κ2) is 10.7. The van der Waals surface area contributed by atoms with Crippen LogP contribution in [0.15, 0.2) is 0 Å². The zero-order chi connectivity index (χ0) is 8.62. The van der Waals surface area contributed by atoms with Crippen molar-refractivity contribution < 1.29 is 24.0 Å². The molecule has 0 aliphatic heterocycles. The van der Waals surface area contributed by atoms with E-state index in [0.29, 0.717) is 0 Å². The topological polar surface area (TPSA) is 87.0 Å². The predicted octanol–water partition coefficient (Wildman–Crippen LogP) is -0.534. The normalized spacial score (nSPS) is 9.18. The van der Waals surface area contributed by atoms with Gasteiger partial charge in [0.1, 0.15) is 0 Å². The third-order valence-corrected chi connectivity index (χ3v) is 0.408. The van der Waals surface area contributed by atoms with Crippen LogP contribution in [-0.4, -0.2) is 46.8 Å². The van der Waals surface area contributed by atoms with E-state index in [0.717, 1.165) is 13.2 Å². The Morgan fingerprint density at radius 2 is 1.36 bits per heavy atom. The van der Waals surface area contributed by atoms with Crippen molar-refractivity contribution in [2.75, 3.05) is 13.2 Å². The number of hydrogen-bond donors (Lipinski definition) is 3. The third-order valence-electron chi connectivity index (χ3n) is 0.408. The summed E-state index contributed by atoms with van der Waals surface area (Å²) in [7, 11) is -4.64. The van der Waals surface area contributed by atoms with Crippen LogP contribution in [0.25, 0.3) is 0 Å². The van der Waals surface area contributed by atoms with Gasteiger partial charge < -0.3 is 19.4 Å². The van der Waals surface area contributed by atoms with E-state index in [-0.39, 0.29) is 18.9 Å². The summed E-state index contributed by atoms with van der Waals surface area (Å²) < 4.78 is 13.7. The van der Waals surface area contributed by atoms with Crippen LogP contribution in [0.2, 0.25) is 0 Å². The van der Waals surface area contributed by atoms with Gasteiger partial charge in [0.25, 0.3) is 0 Å². The van der Waals surface area contributed by atoms with Crippen molar-refractivity contribution in [2.45, 2.75) is 13.8 Å². The standard InChI is InChI=1S/C4H10O.Li.H3O4P.H/c1-3-5-4-2;;1-5(2,3)4;/h3-4H2,1-2H3;;(H3,1,2,3,4);. The first-order chi connectivity index (χ1) is 4.41. The molecule has 0 saturated heterocycles. The quantitative estimate of drug-likeness (QED) is 0.392. The monoisotopic (exact) mass is 180 g/mol. The molecule has 0 aliphatic carbocycles. The molecule has 0 aliphatic rings. The number of phosphoric acid groups is 1. The molecule has 0 atom stereocenters. The fourth-order valence-corrected chi connectivity index (χ4v) is 0.204. The second-order valence-corrected chi connectivity index (χ2v) is 2.32. The molecule has 66 valence electrons. The van der Waals surface area contributed by atoms with Crippen LogP contribution in [-0.2, 0) is 9.30 Å². The Hall–Kier alpha value is 0.667. The minimum absolute atomic E-state index is 0. The molecule has 7 heteroatoms. The summed E-state index contributed by atoms with van der Waals surface area (Å²) >= 11 is 0. The molecular weight excluding hydrogens is 166 g/mol. The van der Waals surface area contributed by atoms with Crippen molar-refractivity contribution in [3.05, 3.63) is 0 Å². The van der Waals surface area contributed by atoms with E-state index in [1.54, 1.807) is 0 Å². The molecule has 5 nitrogen and oxygen atoms in total. The van der Waals surface area contributed by atoms with Crippen LogP contribution in [0, 0.1) is 0 Å². The average molecular weight is 180 g/mol. The fraction of sp³-hybridized carbons (Fsp3) is 1.00. The van der Waals surface area contributed by atoms with Gasteiger partial charge >= 0.3 is 26.7 Å². The van der Waals surface area contributed by atoms with Gasteiger partial charge in [0.05, 0.1) is 0 Å². The van der Waals surface area contributed by atoms with E-state index < -0.39 is 7.82 Å². The Balaban J connectivity index is -0.000000107. The van der Waals surface area contributed by atoms with Gasteiger partial charge in [0.2, 0.25) is 0 Å². The summed E-state index contributed by atoms with van der Waals surface area (Å²) in [5, 5.41) is 0. The van der Waals surface area contributed by atoms with E-state index >= 15 is 0 Å². The predicted molar refractivity (Wildman–Crippen MR) is 43.6 cm³/mol. The first-order valence-corrected chi connectivity index (χ1v) is 4.34. The maximum atomic E-state index is 8.88. The molecule has 3 N–H and O–H groups in total. The molecule has 0 heterocycles. The van der Waals surface area contributed by atoms with Gasteiger partial charge in [-0.05, 0) is 13.8 Å². The minimum atomic E-state index is -4.64. The van der Waals surface area contributed by atoms with E-state index in [1.807, 2.05) is 13.8 Å². The van der Waals surface area contributed by atoms with Crippen molar-refractivity contribution in [1.29, 1.82) is 0 Å². The molecule has 0 saturated carbocycles. The van der Waals surface area contributed by atoms with Crippen LogP contribution >= 0.6 is 7.82 Å². The van der Waals surface area contributed by atoms with Crippen molar-refractivity contribution in [1.82, 2.24) is 0 Å². The first kappa shape index (κ1) is 17.7. The second-order valence-electron chi connectivity index (χ2n) is 1.29. The van der Waals surface area contributed by atoms with Crippen LogP contribution in [0.5, 0.6) is 0 Å². The van der Waals surface area contributed by atoms with Crippen LogP contribution < -0.4 is 0 Å². The molecule has 0 bridgehead atoms. The van der Waals surface area contributed by atoms with Crippen molar-refractivity contribution >= 4 is 26.7 Å². The van der Waals surface area contributed by atoms with Crippen molar-refractivity contribution in [3.63, 3.8) is 0 Å². The zero-order valence-electron chi connectivity index (χ0n) is 6.02. The Bertz CT molecular complexity index is 92.4. The summed E-state index contributed by atoms with van der Waals surface area (Å²) in [4.78, 5) is 21.6. The van der Waals surface area contributed by atoms with E-state index in [4.69, 9.17) is 24.0 Å². The summed E-state index contributed by atoms with van der Waals surface area (Å²) in [5.41, 5.74) is 0. The van der Waals surface area contributed by atoms with E-state index in [9.17, 15) is 0 Å². The van der Waals surface area contributed by atoms with Gasteiger partial charge in [0.15, 0.2) is 0 Å². The van der Waals surface area contributed by atoms with Gasteiger partial charge in [-0.25, -0.2) is 4.57 Å². The summed E-state index contributed by atoms with van der Waals surface area (Å²) in [5.74, 6) is 0. The first-order valence-electron chi connectivity index (χ1n) is 2.77. The van der Waals surface area contributed by atoms with Gasteiger partial charge in [-0.1, -0.05) is 0 Å². The molecule has 0 spiro atoms. The molecule has 0 radical (unpaired) electrons. The average Bonchev–Trinajstić information content (AvgIpc) is 1.63. The Kier molecular flexibility index (Phi) is 17.1. The Morgan fingerprint density at radius 1 is 1.18 bits per heavy atom. The number of rotatable bonds is 2. The molecule has 0 amide bonds. The van der Waals surface area contributed by atoms with E-state index in [1.165, 1.54) is 0 Å². The van der Waals surface area contributed by atoms with Crippen LogP contribution in [0.4, 0.5) is 0 Å². The molecule has 0 aromatic heterocycles. The van der Waals surface area contributed by atoms with Gasteiger partial charge in [-0.3, -0.25) is 0 Å². The Labute approximate surface area is 78.2 Å². The summed E-state index contributed by atoms with van der Waals surface area (Å²) in [6, 6.07) is 0. The van der Waals surface area contributed by atoms with Crippen LogP contribution in [0.3, 0.4) is 0 Å². The van der Waals surface area contributed by atoms with Gasteiger partial charge in [-0.15, -0.1) is 0 Å². The van der Waals surface area contributed by atoms with Gasteiger partial charge in [-0.2, -0.15) is 0 Å². The molecule has 0 aromatic carbocycles. The van der Waals surface area contributed by atoms with Gasteiger partial charge in [0, 0.05) is 13.2 Å². The molecule has 11 heavy (non-hydrogen) atoms. The fourth-order valence-electron chi connectivity index (χ4n) is 0.204. The van der Waals surface area contributed by atoms with Crippen molar-refractivity contribution in [3.8, 4) is 0 Å². The molecule has 0 aromatic rings. The number of ether oxygens (including phenoxy) is 1. The number of hydrogen-bond acceptors (Lipinski definition) is 2. The van der Waals surface area contributed by atoms with Crippen LogP contribution in [0.1, 0.15) is 13.8 Å². The molecule has 0 unspecified atom stereocenters. The third kappa shape index (κ3) is 113. The molecule has 0 rings (SSSR count). The summed E-state index contributed by atoms with van der Waals surface area (Å²) in [6.45, 7) is 5.67. The SMILES string of the molecule is CCOCC.O=P(O)(O)O.[LiH]. The van der Waals surface area contributed by atoms with E-state index in [2.05, 4.69) is 0 Å². The maximum absolute atomic E-state index is 8.88. The zero-order valence-corrected chi connectivity index (χ0v) is 6.91. The molecule has 0 fully saturated rings. The summed E-state index contributed by atoms with van der Waals surface area (Å²) in [6.07, 6.45) is 0. The van der Waals surface area contributed by atoms with Crippen molar-refractivity contribution in [2.24, 2.45) is 0 Å². The Morgan fingerprint density at radius 3 is 1.36 bits per heavy atom.